The van der Waals surface area contributed by atoms with Crippen LogP contribution in [-0.4, -0.2) is 54.9 Å². The molecule has 3 rings (SSSR count). The average molecular weight is 467 g/mol. The summed E-state index contributed by atoms with van der Waals surface area (Å²) in [5, 5.41) is 4.58. The summed E-state index contributed by atoms with van der Waals surface area (Å²) in [6.07, 6.45) is 0. The Balaban J connectivity index is 1.65. The van der Waals surface area contributed by atoms with E-state index >= 15 is 0 Å². The van der Waals surface area contributed by atoms with Gasteiger partial charge in [-0.15, -0.1) is 0 Å². The molecule has 2 aromatic rings. The van der Waals surface area contributed by atoms with E-state index in [-0.39, 0.29) is 23.8 Å². The number of hydrogen-bond donors (Lipinski definition) is 2. The standard InChI is InChI=1S/C24H25N3O7/c1-14(2)11-25-24(32)26-20(28)13-34-23(31)18-10-15(8-9-19(18)33-3)12-27-21(29)16-6-4-5-7-17(16)22(27)30/h4-10,14H,11-13H2,1-3H3,(H2,25,26,28,32). The Morgan fingerprint density at radius 3 is 2.24 bits per heavy atom. The summed E-state index contributed by atoms with van der Waals surface area (Å²) in [6.45, 7) is 3.45. The van der Waals surface area contributed by atoms with Crippen LogP contribution in [0, 0.1) is 5.92 Å². The van der Waals surface area contributed by atoms with Gasteiger partial charge in [0.1, 0.15) is 11.3 Å². The Bertz CT molecular complexity index is 1110. The number of carbonyl (C=O) groups excluding carboxylic acids is 5. The van der Waals surface area contributed by atoms with E-state index in [1.165, 1.54) is 19.2 Å². The molecule has 0 unspecified atom stereocenters. The first-order chi connectivity index (χ1) is 16.2. The van der Waals surface area contributed by atoms with Gasteiger partial charge in [-0.05, 0) is 35.7 Å². The van der Waals surface area contributed by atoms with E-state index in [4.69, 9.17) is 9.47 Å². The van der Waals surface area contributed by atoms with Crippen molar-refractivity contribution in [3.8, 4) is 5.75 Å². The van der Waals surface area contributed by atoms with Crippen LogP contribution < -0.4 is 15.4 Å². The predicted molar refractivity (Wildman–Crippen MR) is 120 cm³/mol. The van der Waals surface area contributed by atoms with E-state index in [1.54, 1.807) is 30.3 Å². The van der Waals surface area contributed by atoms with Crippen LogP contribution in [0.5, 0.6) is 5.75 Å². The lowest BCUT2D eigenvalue weighted by Gasteiger charge is -2.16. The molecule has 0 atom stereocenters. The van der Waals surface area contributed by atoms with E-state index in [9.17, 15) is 24.0 Å². The highest BCUT2D eigenvalue weighted by Crippen LogP contribution is 2.26. The summed E-state index contributed by atoms with van der Waals surface area (Å²) < 4.78 is 10.2. The number of esters is 1. The van der Waals surface area contributed by atoms with Crippen LogP contribution in [0.25, 0.3) is 0 Å². The number of methoxy groups -OCH3 is 1. The minimum Gasteiger partial charge on any atom is -0.496 e. The Labute approximate surface area is 196 Å². The maximum atomic E-state index is 12.6. The molecule has 34 heavy (non-hydrogen) atoms. The van der Waals surface area contributed by atoms with Gasteiger partial charge in [0, 0.05) is 6.54 Å². The second-order valence-electron chi connectivity index (χ2n) is 8.00. The number of hydrogen-bond acceptors (Lipinski definition) is 7. The molecule has 0 aromatic heterocycles. The van der Waals surface area contributed by atoms with Crippen LogP contribution in [0.3, 0.4) is 0 Å². The van der Waals surface area contributed by atoms with Gasteiger partial charge in [-0.25, -0.2) is 9.59 Å². The number of imide groups is 2. The summed E-state index contributed by atoms with van der Waals surface area (Å²) in [6, 6.07) is 10.4. The molecule has 2 N–H and O–H groups in total. The third kappa shape index (κ3) is 5.58. The summed E-state index contributed by atoms with van der Waals surface area (Å²) in [5.74, 6) is -2.11. The van der Waals surface area contributed by atoms with E-state index in [1.807, 2.05) is 13.8 Å². The number of ether oxygens (including phenoxy) is 2. The molecule has 0 saturated carbocycles. The number of amides is 5. The van der Waals surface area contributed by atoms with Gasteiger partial charge in [0.15, 0.2) is 6.61 Å². The van der Waals surface area contributed by atoms with Crippen LogP contribution in [0.15, 0.2) is 42.5 Å². The van der Waals surface area contributed by atoms with Gasteiger partial charge in [0.05, 0.1) is 24.8 Å². The zero-order valence-electron chi connectivity index (χ0n) is 19.0. The zero-order valence-corrected chi connectivity index (χ0v) is 19.0. The first-order valence-electron chi connectivity index (χ1n) is 10.6. The molecular weight excluding hydrogens is 442 g/mol. The fraction of sp³-hybridized carbons (Fsp3) is 0.292. The smallest absolute Gasteiger partial charge is 0.342 e. The number of rotatable bonds is 8. The quantitative estimate of drug-likeness (QED) is 0.449. The SMILES string of the molecule is COc1ccc(CN2C(=O)c3ccccc3C2=O)cc1C(=O)OCC(=O)NC(=O)NCC(C)C. The van der Waals surface area contributed by atoms with Crippen LogP contribution in [-0.2, 0) is 16.1 Å². The summed E-state index contributed by atoms with van der Waals surface area (Å²) >= 11 is 0. The van der Waals surface area contributed by atoms with Crippen molar-refractivity contribution in [2.75, 3.05) is 20.3 Å². The maximum absolute atomic E-state index is 12.6. The van der Waals surface area contributed by atoms with Gasteiger partial charge in [-0.1, -0.05) is 32.0 Å². The fourth-order valence-corrected chi connectivity index (χ4v) is 3.29. The molecule has 0 radical (unpaired) electrons. The van der Waals surface area contributed by atoms with Crippen molar-refractivity contribution in [1.29, 1.82) is 0 Å². The lowest BCUT2D eigenvalue weighted by atomic mass is 10.1. The van der Waals surface area contributed by atoms with Gasteiger partial charge in [-0.2, -0.15) is 0 Å². The van der Waals surface area contributed by atoms with Crippen molar-refractivity contribution in [2.24, 2.45) is 5.92 Å². The van der Waals surface area contributed by atoms with Crippen molar-refractivity contribution in [3.05, 3.63) is 64.7 Å². The normalized spacial score (nSPS) is 12.4. The molecule has 0 bridgehead atoms. The molecule has 5 amide bonds. The number of benzene rings is 2. The topological polar surface area (TPSA) is 131 Å². The number of nitrogens with one attached hydrogen (secondary N) is 2. The third-order valence-electron chi connectivity index (χ3n) is 4.96. The fourth-order valence-electron chi connectivity index (χ4n) is 3.29. The average Bonchev–Trinajstić information content (AvgIpc) is 3.06. The molecule has 1 heterocycles. The molecule has 0 fully saturated rings. The Morgan fingerprint density at radius 2 is 1.65 bits per heavy atom. The first-order valence-corrected chi connectivity index (χ1v) is 10.6. The highest BCUT2D eigenvalue weighted by molar-refractivity contribution is 6.21. The lowest BCUT2D eigenvalue weighted by molar-refractivity contribution is -0.123. The van der Waals surface area contributed by atoms with E-state index in [0.29, 0.717) is 23.2 Å². The summed E-state index contributed by atoms with van der Waals surface area (Å²) in [4.78, 5) is 62.5. The van der Waals surface area contributed by atoms with Crippen LogP contribution in [0.1, 0.15) is 50.5 Å². The minimum absolute atomic E-state index is 0.00803. The monoisotopic (exact) mass is 467 g/mol. The predicted octanol–water partition coefficient (Wildman–Crippen LogP) is 2.13. The lowest BCUT2D eigenvalue weighted by Crippen LogP contribution is -2.42. The molecule has 0 aliphatic carbocycles. The van der Waals surface area contributed by atoms with Crippen molar-refractivity contribution in [1.82, 2.24) is 15.5 Å². The van der Waals surface area contributed by atoms with Crippen molar-refractivity contribution in [3.63, 3.8) is 0 Å². The first kappa shape index (κ1) is 24.4. The van der Waals surface area contributed by atoms with Crippen LogP contribution >= 0.6 is 0 Å². The van der Waals surface area contributed by atoms with Gasteiger partial charge < -0.3 is 14.8 Å². The van der Waals surface area contributed by atoms with E-state index < -0.39 is 36.3 Å². The molecule has 10 heteroatoms. The van der Waals surface area contributed by atoms with Crippen LogP contribution in [0.4, 0.5) is 4.79 Å². The largest absolute Gasteiger partial charge is 0.496 e. The maximum Gasteiger partial charge on any atom is 0.342 e. The molecule has 178 valence electrons. The van der Waals surface area contributed by atoms with Gasteiger partial charge >= 0.3 is 12.0 Å². The van der Waals surface area contributed by atoms with Crippen LogP contribution in [0.2, 0.25) is 0 Å². The Morgan fingerprint density at radius 1 is 1.00 bits per heavy atom. The number of urea groups is 1. The molecule has 1 aliphatic rings. The Hall–Kier alpha value is -4.21. The molecule has 0 saturated heterocycles. The highest BCUT2D eigenvalue weighted by atomic mass is 16.5. The summed E-state index contributed by atoms with van der Waals surface area (Å²) in [7, 11) is 1.36. The second kappa shape index (κ2) is 10.6. The van der Waals surface area contributed by atoms with E-state index in [2.05, 4.69) is 10.6 Å². The molecule has 2 aromatic carbocycles. The second-order valence-corrected chi connectivity index (χ2v) is 8.00. The molecule has 1 aliphatic heterocycles. The molecular formula is C24H25N3O7. The number of nitrogens with zero attached hydrogens (tertiary/aromatic N) is 1. The Kier molecular flexibility index (Phi) is 7.62. The van der Waals surface area contributed by atoms with Crippen molar-refractivity contribution in [2.45, 2.75) is 20.4 Å². The number of fused-ring (bicyclic) bond motifs is 1. The van der Waals surface area contributed by atoms with Gasteiger partial charge in [-0.3, -0.25) is 24.6 Å². The van der Waals surface area contributed by atoms with Gasteiger partial charge in [0.25, 0.3) is 17.7 Å². The third-order valence-corrected chi connectivity index (χ3v) is 4.96. The zero-order chi connectivity index (χ0) is 24.8. The van der Waals surface area contributed by atoms with Gasteiger partial charge in [0.2, 0.25) is 0 Å². The number of carbonyl (C=O) groups is 5. The highest BCUT2D eigenvalue weighted by Gasteiger charge is 2.35. The molecule has 10 nitrogen and oxygen atoms in total. The van der Waals surface area contributed by atoms with E-state index in [0.717, 1.165) is 4.90 Å². The summed E-state index contributed by atoms with van der Waals surface area (Å²) in [5.41, 5.74) is 1.14. The van der Waals surface area contributed by atoms with Crippen molar-refractivity contribution >= 4 is 29.7 Å². The minimum atomic E-state index is -0.862. The molecule has 0 spiro atoms. The van der Waals surface area contributed by atoms with Crippen molar-refractivity contribution < 1.29 is 33.4 Å².